The zero-order chi connectivity index (χ0) is 16.9. The lowest BCUT2D eigenvalue weighted by Crippen LogP contribution is -2.38. The lowest BCUT2D eigenvalue weighted by molar-refractivity contribution is -0.113. The van der Waals surface area contributed by atoms with Crippen molar-refractivity contribution in [2.45, 2.75) is 6.92 Å². The largest absolute Gasteiger partial charge is 0.493 e. The first-order valence-electron chi connectivity index (χ1n) is 7.87. The van der Waals surface area contributed by atoms with Crippen molar-refractivity contribution in [3.63, 3.8) is 0 Å². The second-order valence-electron chi connectivity index (χ2n) is 5.25. The molecule has 0 aliphatic carbocycles. The van der Waals surface area contributed by atoms with Gasteiger partial charge in [-0.25, -0.2) is 0 Å². The number of amidine groups is 1. The van der Waals surface area contributed by atoms with Gasteiger partial charge in [-0.1, -0.05) is 6.07 Å². The Morgan fingerprint density at radius 1 is 1.33 bits per heavy atom. The Balaban J connectivity index is 1.76. The van der Waals surface area contributed by atoms with E-state index in [4.69, 9.17) is 14.2 Å². The highest BCUT2D eigenvalue weighted by Gasteiger charge is 2.27. The number of amides is 1. The molecule has 1 amide bonds. The summed E-state index contributed by atoms with van der Waals surface area (Å²) in [6, 6.07) is 5.61. The van der Waals surface area contributed by atoms with E-state index in [0.717, 1.165) is 23.8 Å². The van der Waals surface area contributed by atoms with Gasteiger partial charge in [0.25, 0.3) is 5.91 Å². The van der Waals surface area contributed by atoms with Gasteiger partial charge in [-0.05, 0) is 42.5 Å². The van der Waals surface area contributed by atoms with Gasteiger partial charge in [-0.3, -0.25) is 4.79 Å². The summed E-state index contributed by atoms with van der Waals surface area (Å²) in [5.74, 6) is 1.14. The lowest BCUT2D eigenvalue weighted by atomic mass is 10.2. The van der Waals surface area contributed by atoms with Crippen molar-refractivity contribution in [3.05, 3.63) is 28.7 Å². The summed E-state index contributed by atoms with van der Waals surface area (Å²) in [6.45, 7) is 5.37. The Morgan fingerprint density at radius 2 is 2.12 bits per heavy atom. The van der Waals surface area contributed by atoms with Crippen LogP contribution in [0.15, 0.2) is 28.1 Å². The van der Waals surface area contributed by atoms with Crippen LogP contribution in [0.1, 0.15) is 12.5 Å². The summed E-state index contributed by atoms with van der Waals surface area (Å²) in [5.41, 5.74) is 0.879. The van der Waals surface area contributed by atoms with Gasteiger partial charge in [0, 0.05) is 13.1 Å². The average molecular weight is 348 g/mol. The molecule has 0 N–H and O–H groups in total. The van der Waals surface area contributed by atoms with E-state index >= 15 is 0 Å². The number of nitrogens with zero attached hydrogens (tertiary/aromatic N) is 2. The van der Waals surface area contributed by atoms with Crippen molar-refractivity contribution in [1.82, 2.24) is 4.90 Å². The van der Waals surface area contributed by atoms with Crippen molar-refractivity contribution >= 4 is 28.9 Å². The predicted molar refractivity (Wildman–Crippen MR) is 94.6 cm³/mol. The summed E-state index contributed by atoms with van der Waals surface area (Å²) in [6.07, 6.45) is 1.84. The molecule has 1 aromatic carbocycles. The molecule has 2 aliphatic heterocycles. The van der Waals surface area contributed by atoms with Crippen LogP contribution in [0.25, 0.3) is 6.08 Å². The van der Waals surface area contributed by atoms with Gasteiger partial charge in [0.2, 0.25) is 0 Å². The third-order valence-corrected chi connectivity index (χ3v) is 4.72. The maximum absolute atomic E-state index is 12.2. The number of methoxy groups -OCH3 is 1. The number of hydrogen-bond donors (Lipinski definition) is 0. The third kappa shape index (κ3) is 3.73. The van der Waals surface area contributed by atoms with Crippen LogP contribution in [0.3, 0.4) is 0 Å². The van der Waals surface area contributed by atoms with Crippen molar-refractivity contribution in [3.8, 4) is 11.5 Å². The minimum atomic E-state index is -0.200. The molecule has 1 saturated heterocycles. The zero-order valence-corrected chi connectivity index (χ0v) is 14.6. The number of ether oxygens (including phenoxy) is 3. The zero-order valence-electron chi connectivity index (χ0n) is 13.8. The van der Waals surface area contributed by atoms with Gasteiger partial charge >= 0.3 is 0 Å². The summed E-state index contributed by atoms with van der Waals surface area (Å²) in [4.78, 5) is 19.0. The van der Waals surface area contributed by atoms with Crippen LogP contribution in [0.4, 0.5) is 0 Å². The van der Waals surface area contributed by atoms with E-state index in [9.17, 15) is 4.79 Å². The van der Waals surface area contributed by atoms with Crippen LogP contribution in [0.2, 0.25) is 0 Å². The third-order valence-electron chi connectivity index (χ3n) is 3.68. The van der Waals surface area contributed by atoms with E-state index in [1.165, 1.54) is 11.8 Å². The summed E-state index contributed by atoms with van der Waals surface area (Å²) >= 11 is 1.41. The molecule has 0 bridgehead atoms. The van der Waals surface area contributed by atoms with Gasteiger partial charge < -0.3 is 19.1 Å². The predicted octanol–water partition coefficient (Wildman–Crippen LogP) is 2.40. The molecule has 0 atom stereocenters. The summed E-state index contributed by atoms with van der Waals surface area (Å²) in [7, 11) is 1.60. The maximum Gasteiger partial charge on any atom is 0.286 e. The second-order valence-corrected chi connectivity index (χ2v) is 6.26. The van der Waals surface area contributed by atoms with Gasteiger partial charge in [0.15, 0.2) is 16.7 Å². The fraction of sp³-hybridized carbons (Fsp3) is 0.412. The standard InChI is InChI=1S/C17H20N2O4S/c1-3-23-13-5-4-12(10-14(13)21-2)11-15-16(20)18-17(24-15)19-6-8-22-9-7-19/h4-5,10-11H,3,6-9H2,1-2H3. The monoisotopic (exact) mass is 348 g/mol. The van der Waals surface area contributed by atoms with Crippen molar-refractivity contribution in [1.29, 1.82) is 0 Å². The molecular weight excluding hydrogens is 328 g/mol. The van der Waals surface area contributed by atoms with Crippen LogP contribution in [-0.2, 0) is 9.53 Å². The van der Waals surface area contributed by atoms with Crippen LogP contribution in [0, 0.1) is 0 Å². The van der Waals surface area contributed by atoms with Crippen LogP contribution >= 0.6 is 11.8 Å². The quantitative estimate of drug-likeness (QED) is 0.779. The Kier molecular flexibility index (Phi) is 5.42. The van der Waals surface area contributed by atoms with E-state index in [-0.39, 0.29) is 5.91 Å². The molecule has 0 radical (unpaired) electrons. The van der Waals surface area contributed by atoms with E-state index in [0.29, 0.717) is 36.2 Å². The maximum atomic E-state index is 12.2. The first kappa shape index (κ1) is 16.9. The van der Waals surface area contributed by atoms with Gasteiger partial charge in [-0.2, -0.15) is 4.99 Å². The first-order chi connectivity index (χ1) is 11.7. The molecule has 3 rings (SSSR count). The number of benzene rings is 1. The Bertz CT molecular complexity index is 681. The minimum absolute atomic E-state index is 0.200. The Labute approximate surface area is 145 Å². The molecule has 2 aliphatic rings. The lowest BCUT2D eigenvalue weighted by Gasteiger charge is -2.27. The Morgan fingerprint density at radius 3 is 2.83 bits per heavy atom. The van der Waals surface area contributed by atoms with Crippen molar-refractivity contribution in [2.24, 2.45) is 4.99 Å². The number of carbonyl (C=O) groups excluding carboxylic acids is 1. The van der Waals surface area contributed by atoms with Crippen molar-refractivity contribution < 1.29 is 19.0 Å². The van der Waals surface area contributed by atoms with E-state index in [2.05, 4.69) is 9.89 Å². The van der Waals surface area contributed by atoms with Gasteiger partial charge in [0.05, 0.1) is 31.8 Å². The number of thioether (sulfide) groups is 1. The highest BCUT2D eigenvalue weighted by molar-refractivity contribution is 8.18. The molecule has 0 unspecified atom stereocenters. The highest BCUT2D eigenvalue weighted by atomic mass is 32.2. The number of hydrogen-bond acceptors (Lipinski definition) is 6. The van der Waals surface area contributed by atoms with Gasteiger partial charge in [-0.15, -0.1) is 0 Å². The Hall–Kier alpha value is -1.99. The van der Waals surface area contributed by atoms with Crippen LogP contribution in [-0.4, -0.2) is 56.0 Å². The number of rotatable bonds is 4. The molecule has 6 nitrogen and oxygen atoms in total. The highest BCUT2D eigenvalue weighted by Crippen LogP contribution is 2.33. The topological polar surface area (TPSA) is 60.4 Å². The number of morpholine rings is 1. The smallest absolute Gasteiger partial charge is 0.286 e. The van der Waals surface area contributed by atoms with E-state index in [1.807, 2.05) is 31.2 Å². The van der Waals surface area contributed by atoms with E-state index in [1.54, 1.807) is 7.11 Å². The molecule has 24 heavy (non-hydrogen) atoms. The minimum Gasteiger partial charge on any atom is -0.493 e. The van der Waals surface area contributed by atoms with E-state index < -0.39 is 0 Å². The number of aliphatic imine (C=N–C) groups is 1. The van der Waals surface area contributed by atoms with Crippen LogP contribution < -0.4 is 9.47 Å². The summed E-state index contributed by atoms with van der Waals surface area (Å²) < 4.78 is 16.2. The number of carbonyl (C=O) groups is 1. The average Bonchev–Trinajstić information content (AvgIpc) is 2.98. The molecule has 0 aromatic heterocycles. The second kappa shape index (κ2) is 7.72. The van der Waals surface area contributed by atoms with Crippen molar-refractivity contribution in [2.75, 3.05) is 40.0 Å². The normalized spacial score (nSPS) is 19.6. The molecule has 1 fully saturated rings. The fourth-order valence-corrected chi connectivity index (χ4v) is 3.45. The van der Waals surface area contributed by atoms with Crippen LogP contribution in [0.5, 0.6) is 11.5 Å². The molecule has 2 heterocycles. The van der Waals surface area contributed by atoms with Gasteiger partial charge in [0.1, 0.15) is 0 Å². The molecular formula is C17H20N2O4S. The molecule has 7 heteroatoms. The fourth-order valence-electron chi connectivity index (χ4n) is 2.49. The molecule has 128 valence electrons. The molecule has 1 aromatic rings. The SMILES string of the molecule is CCOc1ccc(C=C2SC(N3CCOCC3)=NC2=O)cc1OC. The molecule has 0 spiro atoms. The summed E-state index contributed by atoms with van der Waals surface area (Å²) in [5, 5.41) is 0.757. The first-order valence-corrected chi connectivity index (χ1v) is 8.69. The molecule has 0 saturated carbocycles.